The van der Waals surface area contributed by atoms with Crippen LogP contribution in [-0.2, 0) is 0 Å². The molecule has 0 saturated carbocycles. The van der Waals surface area contributed by atoms with E-state index in [1.807, 2.05) is 18.2 Å². The summed E-state index contributed by atoms with van der Waals surface area (Å²) in [4.78, 5) is 2.33. The molecule has 1 aromatic rings. The average Bonchev–Trinajstić information content (AvgIpc) is 2.38. The molecule has 1 aromatic carbocycles. The molecule has 1 atom stereocenters. The van der Waals surface area contributed by atoms with Crippen LogP contribution in [0.5, 0.6) is 0 Å². The summed E-state index contributed by atoms with van der Waals surface area (Å²) in [6.45, 7) is 3.36. The molecule has 4 heteroatoms. The lowest BCUT2D eigenvalue weighted by atomic mass is 10.0. The maximum Gasteiger partial charge on any atom is 0.0501 e. The van der Waals surface area contributed by atoms with Gasteiger partial charge in [-0.05, 0) is 18.5 Å². The Labute approximate surface area is 102 Å². The molecule has 3 nitrogen and oxygen atoms in total. The van der Waals surface area contributed by atoms with E-state index in [1.54, 1.807) is 0 Å². The normalized spacial score (nSPS) is 22.8. The van der Waals surface area contributed by atoms with Gasteiger partial charge >= 0.3 is 0 Å². The highest BCUT2D eigenvalue weighted by molar-refractivity contribution is 5.20. The van der Waals surface area contributed by atoms with Crippen LogP contribution in [0.3, 0.4) is 0 Å². The molecule has 2 N–H and O–H groups in total. The van der Waals surface area contributed by atoms with Crippen LogP contribution < -0.4 is 5.73 Å². The molecule has 1 fully saturated rings. The minimum absolute atomic E-state index is 0.154. The van der Waals surface area contributed by atoms with Gasteiger partial charge in [0.25, 0.3) is 0 Å². The molecular formula is C13H20FN3. The van der Waals surface area contributed by atoms with Gasteiger partial charge in [0.05, 0.1) is 6.04 Å². The van der Waals surface area contributed by atoms with E-state index >= 15 is 0 Å². The van der Waals surface area contributed by atoms with Crippen LogP contribution in [0.15, 0.2) is 30.3 Å². The van der Waals surface area contributed by atoms with Crippen LogP contribution in [0, 0.1) is 0 Å². The van der Waals surface area contributed by atoms with Gasteiger partial charge in [-0.15, -0.1) is 9.60 Å². The number of rotatable bonds is 4. The number of halogens is 1. The predicted octanol–water partition coefficient (Wildman–Crippen LogP) is 1.58. The second-order valence-electron chi connectivity index (χ2n) is 4.47. The van der Waals surface area contributed by atoms with E-state index in [1.165, 1.54) is 5.56 Å². The lowest BCUT2D eigenvalue weighted by Crippen LogP contribution is -2.45. The van der Waals surface area contributed by atoms with Gasteiger partial charge in [-0.25, -0.2) is 0 Å². The standard InChI is InChI=1S/C13H20FN3/c14-17-10-9-16(8-4-7-15)13(11-17)12-5-2-1-3-6-12/h1-3,5-6,13H,4,7-11,15H2. The summed E-state index contributed by atoms with van der Waals surface area (Å²) in [7, 11) is 0. The summed E-state index contributed by atoms with van der Waals surface area (Å²) >= 11 is 0. The van der Waals surface area contributed by atoms with Crippen molar-refractivity contribution in [3.63, 3.8) is 0 Å². The molecule has 0 bridgehead atoms. The quantitative estimate of drug-likeness (QED) is 0.807. The van der Waals surface area contributed by atoms with Gasteiger partial charge in [0, 0.05) is 26.2 Å². The monoisotopic (exact) mass is 237 g/mol. The predicted molar refractivity (Wildman–Crippen MR) is 67.1 cm³/mol. The Bertz CT molecular complexity index is 329. The van der Waals surface area contributed by atoms with E-state index in [9.17, 15) is 4.48 Å². The summed E-state index contributed by atoms with van der Waals surface area (Å²) in [5.74, 6) is 0. The van der Waals surface area contributed by atoms with E-state index in [4.69, 9.17) is 5.73 Å². The van der Waals surface area contributed by atoms with E-state index in [-0.39, 0.29) is 6.04 Å². The first-order valence-electron chi connectivity index (χ1n) is 6.21. The molecule has 1 aliphatic heterocycles. The van der Waals surface area contributed by atoms with Crippen molar-refractivity contribution >= 4 is 0 Å². The van der Waals surface area contributed by atoms with Gasteiger partial charge in [-0.1, -0.05) is 30.3 Å². The second kappa shape index (κ2) is 6.10. The fraction of sp³-hybridized carbons (Fsp3) is 0.538. The molecule has 0 amide bonds. The highest BCUT2D eigenvalue weighted by atomic mass is 19.2. The molecule has 0 spiro atoms. The van der Waals surface area contributed by atoms with Crippen LogP contribution in [0.1, 0.15) is 18.0 Å². The Morgan fingerprint density at radius 3 is 2.71 bits per heavy atom. The van der Waals surface area contributed by atoms with Crippen molar-refractivity contribution in [3.05, 3.63) is 35.9 Å². The van der Waals surface area contributed by atoms with Crippen molar-refractivity contribution in [2.75, 3.05) is 32.7 Å². The third kappa shape index (κ3) is 3.25. The Morgan fingerprint density at radius 1 is 1.24 bits per heavy atom. The average molecular weight is 237 g/mol. The molecule has 17 heavy (non-hydrogen) atoms. The Morgan fingerprint density at radius 2 is 2.00 bits per heavy atom. The zero-order chi connectivity index (χ0) is 12.1. The summed E-state index contributed by atoms with van der Waals surface area (Å²) in [5, 5.41) is 0.913. The Kier molecular flexibility index (Phi) is 4.48. The van der Waals surface area contributed by atoms with Crippen molar-refractivity contribution in [3.8, 4) is 0 Å². The molecule has 0 radical (unpaired) electrons. The smallest absolute Gasteiger partial charge is 0.0501 e. The lowest BCUT2D eigenvalue weighted by Gasteiger charge is -2.38. The second-order valence-corrected chi connectivity index (χ2v) is 4.47. The van der Waals surface area contributed by atoms with Gasteiger partial charge in [-0.3, -0.25) is 4.90 Å². The molecule has 1 heterocycles. The Hall–Kier alpha value is -0.970. The first kappa shape index (κ1) is 12.5. The highest BCUT2D eigenvalue weighted by Crippen LogP contribution is 2.25. The SMILES string of the molecule is NCCCN1CCN(F)CC1c1ccccc1. The topological polar surface area (TPSA) is 32.5 Å². The summed E-state index contributed by atoms with van der Waals surface area (Å²) in [5.41, 5.74) is 6.73. The number of nitrogens with zero attached hydrogens (tertiary/aromatic N) is 2. The zero-order valence-electron chi connectivity index (χ0n) is 10.1. The Balaban J connectivity index is 2.08. The third-order valence-corrected chi connectivity index (χ3v) is 3.28. The molecule has 94 valence electrons. The number of hydrogen-bond acceptors (Lipinski definition) is 3. The maximum absolute atomic E-state index is 13.4. The van der Waals surface area contributed by atoms with Gasteiger partial charge in [0.15, 0.2) is 0 Å². The van der Waals surface area contributed by atoms with Crippen molar-refractivity contribution in [1.29, 1.82) is 0 Å². The summed E-state index contributed by atoms with van der Waals surface area (Å²) in [6.07, 6.45) is 0.968. The number of hydrogen-bond donors (Lipinski definition) is 1. The fourth-order valence-electron chi connectivity index (χ4n) is 2.34. The van der Waals surface area contributed by atoms with Crippen molar-refractivity contribution in [2.24, 2.45) is 5.73 Å². The zero-order valence-corrected chi connectivity index (χ0v) is 10.1. The van der Waals surface area contributed by atoms with E-state index in [0.717, 1.165) is 24.6 Å². The van der Waals surface area contributed by atoms with E-state index < -0.39 is 0 Å². The van der Waals surface area contributed by atoms with Crippen LogP contribution >= 0.6 is 0 Å². The third-order valence-electron chi connectivity index (χ3n) is 3.28. The largest absolute Gasteiger partial charge is 0.330 e. The van der Waals surface area contributed by atoms with E-state index in [2.05, 4.69) is 17.0 Å². The molecule has 2 rings (SSSR count). The first-order valence-corrected chi connectivity index (χ1v) is 6.21. The number of piperazine rings is 1. The lowest BCUT2D eigenvalue weighted by molar-refractivity contribution is -0.0503. The number of benzene rings is 1. The molecular weight excluding hydrogens is 217 g/mol. The van der Waals surface area contributed by atoms with Gasteiger partial charge < -0.3 is 5.73 Å². The van der Waals surface area contributed by atoms with Crippen LogP contribution in [0.2, 0.25) is 0 Å². The first-order chi connectivity index (χ1) is 8.31. The molecule has 1 aliphatic rings. The van der Waals surface area contributed by atoms with Gasteiger partial charge in [0.2, 0.25) is 0 Å². The molecule has 1 unspecified atom stereocenters. The summed E-state index contributed by atoms with van der Waals surface area (Å²) < 4.78 is 13.4. The van der Waals surface area contributed by atoms with Gasteiger partial charge in [0.1, 0.15) is 0 Å². The highest BCUT2D eigenvalue weighted by Gasteiger charge is 2.27. The summed E-state index contributed by atoms with van der Waals surface area (Å²) in [6, 6.07) is 10.3. The number of nitrogens with two attached hydrogens (primary N) is 1. The molecule has 1 saturated heterocycles. The fourth-order valence-corrected chi connectivity index (χ4v) is 2.34. The van der Waals surface area contributed by atoms with Crippen molar-refractivity contribution in [2.45, 2.75) is 12.5 Å². The van der Waals surface area contributed by atoms with Crippen molar-refractivity contribution in [1.82, 2.24) is 10.0 Å². The van der Waals surface area contributed by atoms with Crippen LogP contribution in [0.25, 0.3) is 0 Å². The van der Waals surface area contributed by atoms with Crippen LogP contribution in [-0.4, -0.2) is 42.7 Å². The van der Waals surface area contributed by atoms with Crippen molar-refractivity contribution < 1.29 is 4.48 Å². The van der Waals surface area contributed by atoms with Gasteiger partial charge in [-0.2, -0.15) is 0 Å². The minimum atomic E-state index is 0.154. The minimum Gasteiger partial charge on any atom is -0.330 e. The molecule has 0 aromatic heterocycles. The molecule has 0 aliphatic carbocycles. The maximum atomic E-state index is 13.4. The van der Waals surface area contributed by atoms with Crippen LogP contribution in [0.4, 0.5) is 4.48 Å². The van der Waals surface area contributed by atoms with E-state index in [0.29, 0.717) is 19.6 Å².